The number of nitrogens with two attached hydrogens (primary N) is 1. The number of aliphatic hydroxyl groups excluding tert-OH is 1. The van der Waals surface area contributed by atoms with Gasteiger partial charge in [0.25, 0.3) is 0 Å². The smallest absolute Gasteiger partial charge is 0.134 e. The molecule has 1 aromatic carbocycles. The minimum atomic E-state index is -0.508. The third-order valence-corrected chi connectivity index (χ3v) is 5.75. The van der Waals surface area contributed by atoms with Crippen molar-refractivity contribution < 1.29 is 9.52 Å². The number of furan rings is 1. The van der Waals surface area contributed by atoms with Crippen LogP contribution in [0.25, 0.3) is 11.0 Å². The third kappa shape index (κ3) is 1.54. The number of hydrogen-bond donors (Lipinski definition) is 2. The molecule has 20 heavy (non-hydrogen) atoms. The van der Waals surface area contributed by atoms with Crippen LogP contribution in [0.5, 0.6) is 0 Å². The molecule has 0 aliphatic heterocycles. The molecule has 4 unspecified atom stereocenters. The van der Waals surface area contributed by atoms with Crippen molar-refractivity contribution in [2.75, 3.05) is 6.54 Å². The summed E-state index contributed by atoms with van der Waals surface area (Å²) >= 11 is 0. The Balaban J connectivity index is 1.78. The van der Waals surface area contributed by atoms with Gasteiger partial charge in [0, 0.05) is 22.9 Å². The van der Waals surface area contributed by atoms with E-state index in [9.17, 15) is 5.11 Å². The fraction of sp³-hybridized carbons (Fsp3) is 0.529. The number of benzene rings is 1. The van der Waals surface area contributed by atoms with E-state index in [1.165, 1.54) is 19.3 Å². The first-order chi connectivity index (χ1) is 9.74. The van der Waals surface area contributed by atoms with Crippen LogP contribution in [-0.4, -0.2) is 11.7 Å². The standard InChI is InChI=1S/C17H21NO2/c18-10-17(8-11-5-6-12(17)7-11)16(19)14-9-20-15-4-2-1-3-13(14)15/h1-4,9,11-12,16,19H,5-8,10,18H2. The lowest BCUT2D eigenvalue weighted by Crippen LogP contribution is -2.41. The fourth-order valence-corrected chi connectivity index (χ4v) is 4.70. The minimum Gasteiger partial charge on any atom is -0.464 e. The van der Waals surface area contributed by atoms with Crippen LogP contribution in [0.15, 0.2) is 34.9 Å². The molecule has 4 atom stereocenters. The van der Waals surface area contributed by atoms with Gasteiger partial charge in [-0.05, 0) is 37.2 Å². The number of fused-ring (bicyclic) bond motifs is 3. The zero-order chi connectivity index (χ0) is 13.7. The average molecular weight is 271 g/mol. The summed E-state index contributed by atoms with van der Waals surface area (Å²) in [6.45, 7) is 0.564. The summed E-state index contributed by atoms with van der Waals surface area (Å²) in [6, 6.07) is 7.92. The van der Waals surface area contributed by atoms with Crippen molar-refractivity contribution in [3.63, 3.8) is 0 Å². The molecule has 1 heterocycles. The molecule has 0 radical (unpaired) electrons. The summed E-state index contributed by atoms with van der Waals surface area (Å²) in [5, 5.41) is 12.1. The van der Waals surface area contributed by atoms with Gasteiger partial charge in [-0.2, -0.15) is 0 Å². The van der Waals surface area contributed by atoms with Crippen molar-refractivity contribution in [1.29, 1.82) is 0 Å². The first kappa shape index (κ1) is 12.4. The van der Waals surface area contributed by atoms with E-state index < -0.39 is 6.10 Å². The largest absolute Gasteiger partial charge is 0.464 e. The highest BCUT2D eigenvalue weighted by Gasteiger charge is 2.54. The molecule has 4 rings (SSSR count). The van der Waals surface area contributed by atoms with Gasteiger partial charge in [-0.25, -0.2) is 0 Å². The fourth-order valence-electron chi connectivity index (χ4n) is 4.70. The van der Waals surface area contributed by atoms with Crippen LogP contribution in [0.3, 0.4) is 0 Å². The number of para-hydroxylation sites is 1. The minimum absolute atomic E-state index is 0.143. The SMILES string of the molecule is NCC1(C(O)c2coc3ccccc23)CC2CCC1C2. The molecule has 2 aliphatic carbocycles. The molecule has 2 aromatic rings. The monoisotopic (exact) mass is 271 g/mol. The van der Waals surface area contributed by atoms with Crippen LogP contribution in [0, 0.1) is 17.3 Å². The van der Waals surface area contributed by atoms with Gasteiger partial charge in [0.15, 0.2) is 0 Å². The molecule has 106 valence electrons. The van der Waals surface area contributed by atoms with Crippen LogP contribution in [0.2, 0.25) is 0 Å². The molecular weight excluding hydrogens is 250 g/mol. The van der Waals surface area contributed by atoms with Gasteiger partial charge < -0.3 is 15.3 Å². The van der Waals surface area contributed by atoms with Crippen LogP contribution >= 0.6 is 0 Å². The van der Waals surface area contributed by atoms with E-state index in [-0.39, 0.29) is 5.41 Å². The lowest BCUT2D eigenvalue weighted by molar-refractivity contribution is -0.0125. The summed E-state index contributed by atoms with van der Waals surface area (Å²) in [7, 11) is 0. The second kappa shape index (κ2) is 4.34. The van der Waals surface area contributed by atoms with Gasteiger partial charge in [0.05, 0.1) is 12.4 Å². The maximum Gasteiger partial charge on any atom is 0.134 e. The van der Waals surface area contributed by atoms with Crippen LogP contribution < -0.4 is 5.73 Å². The molecule has 3 heteroatoms. The van der Waals surface area contributed by atoms with Gasteiger partial charge in [0.2, 0.25) is 0 Å². The molecule has 3 nitrogen and oxygen atoms in total. The van der Waals surface area contributed by atoms with Crippen molar-refractivity contribution in [3.8, 4) is 0 Å². The van der Waals surface area contributed by atoms with E-state index in [1.807, 2.05) is 24.3 Å². The normalized spacial score (nSPS) is 33.9. The lowest BCUT2D eigenvalue weighted by Gasteiger charge is -2.40. The quantitative estimate of drug-likeness (QED) is 0.901. The van der Waals surface area contributed by atoms with Crippen LogP contribution in [-0.2, 0) is 0 Å². The molecule has 2 bridgehead atoms. The molecule has 0 spiro atoms. The van der Waals surface area contributed by atoms with E-state index in [2.05, 4.69) is 0 Å². The molecule has 1 aromatic heterocycles. The number of aliphatic hydroxyl groups is 1. The van der Waals surface area contributed by atoms with E-state index >= 15 is 0 Å². The first-order valence-corrected chi connectivity index (χ1v) is 7.59. The summed E-state index contributed by atoms with van der Waals surface area (Å²) < 4.78 is 5.60. The van der Waals surface area contributed by atoms with Crippen LogP contribution in [0.4, 0.5) is 0 Å². The van der Waals surface area contributed by atoms with Gasteiger partial charge in [0.1, 0.15) is 5.58 Å². The first-order valence-electron chi connectivity index (χ1n) is 7.59. The Morgan fingerprint density at radius 2 is 2.20 bits per heavy atom. The predicted molar refractivity (Wildman–Crippen MR) is 78.1 cm³/mol. The number of hydrogen-bond acceptors (Lipinski definition) is 3. The predicted octanol–water partition coefficient (Wildman–Crippen LogP) is 3.23. The maximum atomic E-state index is 11.0. The summed E-state index contributed by atoms with van der Waals surface area (Å²) in [5.41, 5.74) is 7.73. The topological polar surface area (TPSA) is 59.4 Å². The second-order valence-corrected chi connectivity index (χ2v) is 6.61. The summed E-state index contributed by atoms with van der Waals surface area (Å²) in [4.78, 5) is 0. The third-order valence-electron chi connectivity index (χ3n) is 5.75. The Hall–Kier alpha value is -1.32. The van der Waals surface area contributed by atoms with E-state index in [4.69, 9.17) is 10.2 Å². The van der Waals surface area contributed by atoms with E-state index in [0.29, 0.717) is 12.5 Å². The summed E-state index contributed by atoms with van der Waals surface area (Å²) in [5.74, 6) is 1.33. The van der Waals surface area contributed by atoms with Gasteiger partial charge >= 0.3 is 0 Å². The Bertz CT molecular complexity index is 635. The molecule has 0 saturated heterocycles. The summed E-state index contributed by atoms with van der Waals surface area (Å²) in [6.07, 6.45) is 6.05. The van der Waals surface area contributed by atoms with Gasteiger partial charge in [-0.15, -0.1) is 0 Å². The molecule has 2 aliphatic rings. The molecule has 0 amide bonds. The molecule has 3 N–H and O–H groups in total. The highest BCUT2D eigenvalue weighted by molar-refractivity contribution is 5.81. The Morgan fingerprint density at radius 1 is 1.35 bits per heavy atom. The Kier molecular flexibility index (Phi) is 2.69. The zero-order valence-electron chi connectivity index (χ0n) is 11.6. The highest BCUT2D eigenvalue weighted by atomic mass is 16.3. The van der Waals surface area contributed by atoms with Crippen molar-refractivity contribution >= 4 is 11.0 Å². The van der Waals surface area contributed by atoms with Crippen molar-refractivity contribution in [1.82, 2.24) is 0 Å². The van der Waals surface area contributed by atoms with E-state index in [0.717, 1.165) is 28.9 Å². The van der Waals surface area contributed by atoms with Gasteiger partial charge in [-0.1, -0.05) is 24.6 Å². The van der Waals surface area contributed by atoms with Crippen molar-refractivity contribution in [2.24, 2.45) is 23.0 Å². The number of rotatable bonds is 3. The van der Waals surface area contributed by atoms with Gasteiger partial charge in [-0.3, -0.25) is 0 Å². The highest BCUT2D eigenvalue weighted by Crippen LogP contribution is 2.60. The maximum absolute atomic E-state index is 11.0. The van der Waals surface area contributed by atoms with E-state index in [1.54, 1.807) is 6.26 Å². The molecule has 2 fully saturated rings. The Labute approximate surface area is 118 Å². The average Bonchev–Trinajstić information content (AvgIpc) is 3.19. The second-order valence-electron chi connectivity index (χ2n) is 6.61. The van der Waals surface area contributed by atoms with Crippen LogP contribution in [0.1, 0.15) is 37.4 Å². The Morgan fingerprint density at radius 3 is 2.90 bits per heavy atom. The lowest BCUT2D eigenvalue weighted by atomic mass is 9.67. The molecular formula is C17H21NO2. The zero-order valence-corrected chi connectivity index (χ0v) is 11.6. The van der Waals surface area contributed by atoms with Crippen molar-refractivity contribution in [3.05, 3.63) is 36.1 Å². The van der Waals surface area contributed by atoms with Crippen molar-refractivity contribution in [2.45, 2.75) is 31.8 Å². The molecule has 2 saturated carbocycles.